The summed E-state index contributed by atoms with van der Waals surface area (Å²) in [7, 11) is 0. The number of nitrogens with zero attached hydrogens (tertiary/aromatic N) is 3. The Bertz CT molecular complexity index is 753. The van der Waals surface area contributed by atoms with Crippen LogP contribution in [-0.2, 0) is 6.18 Å². The molecule has 2 rings (SSSR count). The Balaban J connectivity index is 2.64. The summed E-state index contributed by atoms with van der Waals surface area (Å²) >= 11 is 17.6. The van der Waals surface area contributed by atoms with Gasteiger partial charge in [0.1, 0.15) is 11.6 Å². The van der Waals surface area contributed by atoms with E-state index in [1.54, 1.807) is 6.07 Å². The van der Waals surface area contributed by atoms with Gasteiger partial charge in [0.15, 0.2) is 6.61 Å². The average Bonchev–Trinajstić information content (AvgIpc) is 2.86. The number of halogens is 6. The minimum absolute atomic E-state index is 0.0314. The van der Waals surface area contributed by atoms with Gasteiger partial charge in [0.05, 0.1) is 27.0 Å². The number of hydrogen-bond acceptors (Lipinski definition) is 3. The van der Waals surface area contributed by atoms with Crippen LogP contribution >= 0.6 is 34.8 Å². The van der Waals surface area contributed by atoms with Crippen LogP contribution in [0.4, 0.5) is 13.2 Å². The molecule has 0 amide bonds. The van der Waals surface area contributed by atoms with Gasteiger partial charge in [-0.1, -0.05) is 34.8 Å². The van der Waals surface area contributed by atoms with E-state index in [-0.39, 0.29) is 20.8 Å². The Morgan fingerprint density at radius 1 is 1.23 bits per heavy atom. The Labute approximate surface area is 137 Å². The predicted molar refractivity (Wildman–Crippen MR) is 74.7 cm³/mol. The maximum Gasteiger partial charge on any atom is 0.423 e. The van der Waals surface area contributed by atoms with Crippen molar-refractivity contribution in [2.45, 2.75) is 6.18 Å². The summed E-state index contributed by atoms with van der Waals surface area (Å²) < 4.78 is 44.5. The number of hydrogen-bond donors (Lipinski definition) is 0. The van der Waals surface area contributed by atoms with Crippen LogP contribution in [-0.4, -0.2) is 16.4 Å². The first-order chi connectivity index (χ1) is 10.3. The molecule has 10 heteroatoms. The zero-order chi connectivity index (χ0) is 16.5. The Hall–Kier alpha value is -1.62. The van der Waals surface area contributed by atoms with E-state index in [0.717, 1.165) is 4.68 Å². The maximum atomic E-state index is 13.0. The average molecular weight is 371 g/mol. The summed E-state index contributed by atoms with van der Waals surface area (Å²) in [6.07, 6.45) is -4.13. The van der Waals surface area contributed by atoms with Crippen molar-refractivity contribution in [1.82, 2.24) is 9.78 Å². The van der Waals surface area contributed by atoms with Crippen LogP contribution < -0.4 is 4.74 Å². The number of alkyl halides is 3. The van der Waals surface area contributed by atoms with Crippen LogP contribution in [0.25, 0.3) is 5.69 Å². The molecule has 0 atom stereocenters. The molecular formula is C12H5Cl3F3N3O. The molecule has 0 fully saturated rings. The van der Waals surface area contributed by atoms with Gasteiger partial charge in [-0.3, -0.25) is 0 Å². The summed E-state index contributed by atoms with van der Waals surface area (Å²) in [6.45, 7) is -0.590. The van der Waals surface area contributed by atoms with Gasteiger partial charge < -0.3 is 4.74 Å². The van der Waals surface area contributed by atoms with Crippen LogP contribution in [0, 0.1) is 11.3 Å². The third kappa shape index (κ3) is 3.09. The second-order valence-corrected chi connectivity index (χ2v) is 5.08. The van der Waals surface area contributed by atoms with E-state index in [1.807, 2.05) is 0 Å². The molecule has 0 radical (unpaired) electrons. The van der Waals surface area contributed by atoms with E-state index in [0.29, 0.717) is 6.20 Å². The Morgan fingerprint density at radius 3 is 2.50 bits per heavy atom. The topological polar surface area (TPSA) is 50.8 Å². The van der Waals surface area contributed by atoms with Crippen LogP contribution in [0.3, 0.4) is 0 Å². The molecule has 0 aliphatic carbocycles. The van der Waals surface area contributed by atoms with Crippen molar-refractivity contribution in [1.29, 1.82) is 5.26 Å². The molecular weight excluding hydrogens is 366 g/mol. The molecule has 0 aliphatic heterocycles. The summed E-state index contributed by atoms with van der Waals surface area (Å²) in [4.78, 5) is 0. The Morgan fingerprint density at radius 2 is 1.91 bits per heavy atom. The van der Waals surface area contributed by atoms with Crippen LogP contribution in [0.2, 0.25) is 15.1 Å². The highest BCUT2D eigenvalue weighted by Crippen LogP contribution is 2.40. The largest absolute Gasteiger partial charge is 0.462 e. The molecule has 0 aliphatic rings. The zero-order valence-corrected chi connectivity index (χ0v) is 12.7. The molecule has 1 aromatic carbocycles. The van der Waals surface area contributed by atoms with Crippen molar-refractivity contribution in [3.8, 4) is 17.6 Å². The summed E-state index contributed by atoms with van der Waals surface area (Å²) in [5.41, 5.74) is -1.09. The molecule has 1 heterocycles. The number of ether oxygens (including phenoxy) is 1. The lowest BCUT2D eigenvalue weighted by atomic mass is 10.3. The van der Waals surface area contributed by atoms with Crippen LogP contribution in [0.1, 0.15) is 5.56 Å². The Kier molecular flexibility index (Phi) is 4.75. The van der Waals surface area contributed by atoms with Gasteiger partial charge >= 0.3 is 6.18 Å². The molecule has 22 heavy (non-hydrogen) atoms. The van der Waals surface area contributed by atoms with Gasteiger partial charge in [-0.2, -0.15) is 28.2 Å². The molecule has 116 valence electrons. The van der Waals surface area contributed by atoms with Gasteiger partial charge in [0, 0.05) is 0 Å². The van der Waals surface area contributed by atoms with Gasteiger partial charge in [0.25, 0.3) is 0 Å². The molecule has 0 N–H and O–H groups in total. The van der Waals surface area contributed by atoms with E-state index in [4.69, 9.17) is 44.8 Å². The fraction of sp³-hybridized carbons (Fsp3) is 0.167. The quantitative estimate of drug-likeness (QED) is 0.732. The first-order valence-electron chi connectivity index (χ1n) is 5.56. The molecule has 0 unspecified atom stereocenters. The first-order valence-corrected chi connectivity index (χ1v) is 6.69. The normalized spacial score (nSPS) is 11.3. The predicted octanol–water partition coefficient (Wildman–Crippen LogP) is 4.75. The first kappa shape index (κ1) is 16.7. The third-order valence-electron chi connectivity index (χ3n) is 2.55. The van der Waals surface area contributed by atoms with Crippen molar-refractivity contribution in [2.24, 2.45) is 0 Å². The number of benzene rings is 1. The van der Waals surface area contributed by atoms with Crippen molar-refractivity contribution >= 4 is 34.8 Å². The highest BCUT2D eigenvalue weighted by atomic mass is 35.5. The van der Waals surface area contributed by atoms with Crippen molar-refractivity contribution in [2.75, 3.05) is 6.61 Å². The monoisotopic (exact) mass is 369 g/mol. The fourth-order valence-corrected chi connectivity index (χ4v) is 2.23. The van der Waals surface area contributed by atoms with Gasteiger partial charge in [-0.25, -0.2) is 0 Å². The van der Waals surface area contributed by atoms with Crippen molar-refractivity contribution in [3.05, 3.63) is 39.0 Å². The lowest BCUT2D eigenvalue weighted by Gasteiger charge is -2.12. The lowest BCUT2D eigenvalue weighted by molar-refractivity contribution is -0.138. The fourth-order valence-electron chi connectivity index (χ4n) is 1.62. The van der Waals surface area contributed by atoms with Gasteiger partial charge in [-0.05, 0) is 12.1 Å². The second-order valence-electron chi connectivity index (χ2n) is 3.91. The highest BCUT2D eigenvalue weighted by Gasteiger charge is 2.38. The van der Waals surface area contributed by atoms with E-state index < -0.39 is 24.2 Å². The van der Waals surface area contributed by atoms with Crippen LogP contribution in [0.15, 0.2) is 18.3 Å². The van der Waals surface area contributed by atoms with E-state index in [1.165, 1.54) is 12.1 Å². The standard InChI is InChI=1S/C12H5Cl3F3N3O/c13-7-1-2-8(10(15)9(7)14)21-11(22-4-3-19)6(5-20-21)12(16,17)18/h1-2,5H,4H2. The van der Waals surface area contributed by atoms with Gasteiger partial charge in [-0.15, -0.1) is 0 Å². The number of aromatic nitrogens is 2. The molecule has 0 bridgehead atoms. The molecule has 4 nitrogen and oxygen atoms in total. The lowest BCUT2D eigenvalue weighted by Crippen LogP contribution is -2.10. The van der Waals surface area contributed by atoms with Crippen molar-refractivity contribution < 1.29 is 17.9 Å². The highest BCUT2D eigenvalue weighted by molar-refractivity contribution is 6.48. The minimum atomic E-state index is -4.70. The number of rotatable bonds is 3. The summed E-state index contributed by atoms with van der Waals surface area (Å²) in [5.74, 6) is -0.658. The number of nitriles is 1. The van der Waals surface area contributed by atoms with E-state index in [2.05, 4.69) is 5.10 Å². The SMILES string of the molecule is N#CCOc1c(C(F)(F)F)cnn1-c1ccc(Cl)c(Cl)c1Cl. The minimum Gasteiger partial charge on any atom is -0.462 e. The molecule has 2 aromatic rings. The van der Waals surface area contributed by atoms with Crippen LogP contribution in [0.5, 0.6) is 5.88 Å². The molecule has 0 saturated carbocycles. The second kappa shape index (κ2) is 6.24. The zero-order valence-electron chi connectivity index (χ0n) is 10.5. The molecule has 0 spiro atoms. The smallest absolute Gasteiger partial charge is 0.423 e. The molecule has 1 aromatic heterocycles. The third-order valence-corrected chi connectivity index (χ3v) is 3.83. The maximum absolute atomic E-state index is 13.0. The summed E-state index contributed by atoms with van der Waals surface area (Å²) in [5, 5.41) is 12.1. The van der Waals surface area contributed by atoms with E-state index in [9.17, 15) is 13.2 Å². The van der Waals surface area contributed by atoms with Crippen molar-refractivity contribution in [3.63, 3.8) is 0 Å². The van der Waals surface area contributed by atoms with E-state index >= 15 is 0 Å². The molecule has 0 saturated heterocycles. The van der Waals surface area contributed by atoms with Gasteiger partial charge in [0.2, 0.25) is 5.88 Å². The summed E-state index contributed by atoms with van der Waals surface area (Å²) in [6, 6.07) is 4.28.